The maximum absolute atomic E-state index is 5.55. The first-order valence-corrected chi connectivity index (χ1v) is 18.6. The van der Waals surface area contributed by atoms with Crippen molar-refractivity contribution in [3.63, 3.8) is 0 Å². The molecule has 4 heteroatoms. The molecule has 4 fully saturated rings. The lowest BCUT2D eigenvalue weighted by Crippen LogP contribution is -2.55. The molecule has 4 aliphatic rings. The first-order valence-electron chi connectivity index (χ1n) is 18.6. The summed E-state index contributed by atoms with van der Waals surface area (Å²) in [5.74, 6) is 6.80. The maximum atomic E-state index is 5.55. The molecule has 1 unspecified atom stereocenters. The van der Waals surface area contributed by atoms with E-state index < -0.39 is 0 Å². The topological polar surface area (TPSA) is 62.1 Å². The van der Waals surface area contributed by atoms with Gasteiger partial charge in [0.1, 0.15) is 0 Å². The first-order chi connectivity index (χ1) is 19.8. The number of rotatable bonds is 18. The number of unbranched alkanes of at least 4 members (excludes halogenated alkanes) is 1. The number of hydrogen-bond donors (Lipinski definition) is 4. The fourth-order valence-electron chi connectivity index (χ4n) is 11.0. The van der Waals surface area contributed by atoms with Crippen LogP contribution >= 0.6 is 0 Å². The zero-order chi connectivity index (χ0) is 29.3. The van der Waals surface area contributed by atoms with E-state index in [1.165, 1.54) is 90.0 Å². The molecule has 0 heterocycles. The molecule has 0 aliphatic heterocycles. The second-order valence-electron chi connectivity index (χ2n) is 16.3. The molecule has 5 N–H and O–H groups in total. The van der Waals surface area contributed by atoms with E-state index in [1.807, 2.05) is 0 Å². The molecular weight excluding hydrogens is 500 g/mol. The van der Waals surface area contributed by atoms with Crippen molar-refractivity contribution in [1.82, 2.24) is 16.0 Å². The summed E-state index contributed by atoms with van der Waals surface area (Å²) in [7, 11) is 0. The van der Waals surface area contributed by atoms with E-state index in [-0.39, 0.29) is 0 Å². The summed E-state index contributed by atoms with van der Waals surface area (Å²) in [5.41, 5.74) is 6.80. The Labute approximate surface area is 256 Å². The Bertz CT molecular complexity index is 740. The van der Waals surface area contributed by atoms with Crippen molar-refractivity contribution in [2.24, 2.45) is 58.0 Å². The molecule has 0 bridgehead atoms. The molecule has 4 saturated carbocycles. The zero-order valence-electron chi connectivity index (χ0n) is 28.3. The van der Waals surface area contributed by atoms with Gasteiger partial charge in [0.15, 0.2) is 0 Å². The molecule has 0 radical (unpaired) electrons. The van der Waals surface area contributed by atoms with E-state index in [0.29, 0.717) is 10.8 Å². The van der Waals surface area contributed by atoms with Crippen LogP contribution in [0.4, 0.5) is 0 Å². The molecule has 0 aromatic heterocycles. The van der Waals surface area contributed by atoms with Crippen LogP contribution in [0.1, 0.15) is 137 Å². The van der Waals surface area contributed by atoms with Crippen LogP contribution < -0.4 is 21.7 Å². The highest BCUT2D eigenvalue weighted by Gasteiger charge is 2.60. The van der Waals surface area contributed by atoms with E-state index in [1.54, 1.807) is 12.8 Å². The Balaban J connectivity index is 1.16. The van der Waals surface area contributed by atoms with Gasteiger partial charge in [0.05, 0.1) is 0 Å². The summed E-state index contributed by atoms with van der Waals surface area (Å²) in [6.45, 7) is 19.4. The van der Waals surface area contributed by atoms with Crippen LogP contribution in [-0.4, -0.2) is 45.3 Å². The largest absolute Gasteiger partial charge is 0.330 e. The van der Waals surface area contributed by atoms with Crippen molar-refractivity contribution in [3.05, 3.63) is 0 Å². The molecule has 9 atom stereocenters. The minimum Gasteiger partial charge on any atom is -0.330 e. The van der Waals surface area contributed by atoms with E-state index in [2.05, 4.69) is 50.6 Å². The summed E-state index contributed by atoms with van der Waals surface area (Å²) in [5, 5.41) is 11.1. The van der Waals surface area contributed by atoms with E-state index >= 15 is 0 Å². The number of fused-ring (bicyclic) bond motifs is 5. The zero-order valence-corrected chi connectivity index (χ0v) is 28.3. The Hall–Kier alpha value is -0.160. The molecule has 0 spiro atoms. The predicted octanol–water partition coefficient (Wildman–Crippen LogP) is 7.76. The highest BCUT2D eigenvalue weighted by Crippen LogP contribution is 2.68. The van der Waals surface area contributed by atoms with Crippen LogP contribution in [0.25, 0.3) is 0 Å². The van der Waals surface area contributed by atoms with E-state index in [0.717, 1.165) is 86.6 Å². The van der Waals surface area contributed by atoms with E-state index in [9.17, 15) is 0 Å². The van der Waals surface area contributed by atoms with Crippen molar-refractivity contribution in [3.8, 4) is 0 Å². The Morgan fingerprint density at radius 1 is 0.683 bits per heavy atom. The van der Waals surface area contributed by atoms with Gasteiger partial charge in [-0.15, -0.1) is 0 Å². The maximum Gasteiger partial charge on any atom is 0.00701 e. The van der Waals surface area contributed by atoms with Gasteiger partial charge in [0, 0.05) is 6.04 Å². The third-order valence-corrected chi connectivity index (χ3v) is 13.3. The molecule has 41 heavy (non-hydrogen) atoms. The summed E-state index contributed by atoms with van der Waals surface area (Å²) in [6, 6.07) is 0.764. The lowest BCUT2D eigenvalue weighted by molar-refractivity contribution is -0.118. The van der Waals surface area contributed by atoms with Gasteiger partial charge in [-0.1, -0.05) is 53.9 Å². The summed E-state index contributed by atoms with van der Waals surface area (Å²) < 4.78 is 0. The molecule has 4 rings (SSSR count). The van der Waals surface area contributed by atoms with Crippen LogP contribution in [0.15, 0.2) is 0 Å². The van der Waals surface area contributed by atoms with Gasteiger partial charge in [0.25, 0.3) is 0 Å². The molecule has 0 aromatic rings. The second kappa shape index (κ2) is 16.2. The van der Waals surface area contributed by atoms with Crippen molar-refractivity contribution in [2.75, 3.05) is 39.3 Å². The van der Waals surface area contributed by atoms with Crippen LogP contribution in [-0.2, 0) is 0 Å². The third kappa shape index (κ3) is 8.52. The van der Waals surface area contributed by atoms with Crippen molar-refractivity contribution in [1.29, 1.82) is 0 Å². The van der Waals surface area contributed by atoms with Gasteiger partial charge in [-0.25, -0.2) is 0 Å². The molecule has 4 nitrogen and oxygen atoms in total. The fraction of sp³-hybridized carbons (Fsp3) is 1.00. The van der Waals surface area contributed by atoms with Gasteiger partial charge in [-0.2, -0.15) is 0 Å². The van der Waals surface area contributed by atoms with Gasteiger partial charge in [0.2, 0.25) is 0 Å². The van der Waals surface area contributed by atoms with Crippen LogP contribution in [0.2, 0.25) is 0 Å². The standard InChI is InChI=1S/C37H72N4/c1-28(2)11-8-12-29(3)33-15-16-34-32-14-13-30-27-31(17-19-36(30,4)35(32)18-20-37(33,34)5)41-26-10-25-40-23-7-6-22-39-24-9-21-38/h28-35,39-41H,6-27,38H2,1-5H3/t29-,30+,31?,32+,33-,34+,35+,36+,37-/m1/s1. The summed E-state index contributed by atoms with van der Waals surface area (Å²) >= 11 is 0. The SMILES string of the molecule is CC(C)CCC[C@@H](C)[C@H]1CC[C@H]2[C@@H]3CC[C@H]4CC(NCCCNCCCCNCCCN)CC[C@]4(C)[C@H]3CC[C@]12C. The normalized spacial score (nSPS) is 37.5. The smallest absolute Gasteiger partial charge is 0.00701 e. The Morgan fingerprint density at radius 2 is 1.37 bits per heavy atom. The van der Waals surface area contributed by atoms with Gasteiger partial charge in [-0.05, 0) is 175 Å². The van der Waals surface area contributed by atoms with Crippen LogP contribution in [0.3, 0.4) is 0 Å². The van der Waals surface area contributed by atoms with Gasteiger partial charge in [-0.3, -0.25) is 0 Å². The lowest BCUT2D eigenvalue weighted by atomic mass is 9.44. The fourth-order valence-corrected chi connectivity index (χ4v) is 11.0. The van der Waals surface area contributed by atoms with Crippen molar-refractivity contribution < 1.29 is 0 Å². The van der Waals surface area contributed by atoms with Gasteiger partial charge >= 0.3 is 0 Å². The highest BCUT2D eigenvalue weighted by atomic mass is 14.9. The lowest BCUT2D eigenvalue weighted by Gasteiger charge is -2.61. The average Bonchev–Trinajstić information content (AvgIpc) is 3.30. The molecule has 240 valence electrons. The first kappa shape index (κ1) is 33.7. The minimum atomic E-state index is 0.615. The van der Waals surface area contributed by atoms with Gasteiger partial charge < -0.3 is 21.7 Å². The summed E-state index contributed by atoms with van der Waals surface area (Å²) in [4.78, 5) is 0. The van der Waals surface area contributed by atoms with Crippen LogP contribution in [0, 0.1) is 52.3 Å². The van der Waals surface area contributed by atoms with Crippen LogP contribution in [0.5, 0.6) is 0 Å². The predicted molar refractivity (Wildman–Crippen MR) is 178 cm³/mol. The van der Waals surface area contributed by atoms with Crippen molar-refractivity contribution >= 4 is 0 Å². The molecule has 0 amide bonds. The van der Waals surface area contributed by atoms with Crippen molar-refractivity contribution in [2.45, 2.75) is 143 Å². The molecular formula is C37H72N4. The molecule has 4 aliphatic carbocycles. The molecule has 0 aromatic carbocycles. The molecule has 0 saturated heterocycles. The Morgan fingerprint density at radius 3 is 2.10 bits per heavy atom. The van der Waals surface area contributed by atoms with E-state index in [4.69, 9.17) is 5.73 Å². The monoisotopic (exact) mass is 573 g/mol. The third-order valence-electron chi connectivity index (χ3n) is 13.3. The average molecular weight is 573 g/mol. The number of hydrogen-bond acceptors (Lipinski definition) is 4. The highest BCUT2D eigenvalue weighted by molar-refractivity contribution is 5.10. The second-order valence-corrected chi connectivity index (χ2v) is 16.3. The minimum absolute atomic E-state index is 0.615. The summed E-state index contributed by atoms with van der Waals surface area (Å²) in [6.07, 6.45) is 22.7. The Kier molecular flexibility index (Phi) is 13.4. The number of nitrogens with two attached hydrogens (primary N) is 1. The quantitative estimate of drug-likeness (QED) is 0.127. The number of nitrogens with one attached hydrogen (secondary N) is 3.